The number of piperidine rings is 1. The molecule has 2 aromatic rings. The number of carbonyl (C=O) groups excluding carboxylic acids is 1. The molecule has 0 aromatic carbocycles. The van der Waals surface area contributed by atoms with Crippen LogP contribution in [0.15, 0.2) is 6.33 Å². The molecule has 1 aliphatic rings. The van der Waals surface area contributed by atoms with E-state index in [0.29, 0.717) is 17.1 Å². The fourth-order valence-electron chi connectivity index (χ4n) is 2.60. The van der Waals surface area contributed by atoms with Crippen molar-refractivity contribution in [3.05, 3.63) is 6.33 Å². The molecule has 0 atom stereocenters. The van der Waals surface area contributed by atoms with Gasteiger partial charge in [0.1, 0.15) is 12.1 Å². The zero-order valence-electron chi connectivity index (χ0n) is 12.0. The van der Waals surface area contributed by atoms with Crippen molar-refractivity contribution in [2.75, 3.05) is 24.6 Å². The zero-order chi connectivity index (χ0) is 15.0. The highest BCUT2D eigenvalue weighted by molar-refractivity contribution is 5.84. The average Bonchev–Trinajstić information content (AvgIpc) is 2.83. The third-order valence-corrected chi connectivity index (χ3v) is 3.95. The van der Waals surface area contributed by atoms with Gasteiger partial charge in [0.2, 0.25) is 11.9 Å². The Morgan fingerprint density at radius 1 is 1.33 bits per heavy atom. The minimum atomic E-state index is 0.0666. The lowest BCUT2D eigenvalue weighted by Gasteiger charge is -2.30. The van der Waals surface area contributed by atoms with Crippen LogP contribution in [0.25, 0.3) is 11.2 Å². The minimum absolute atomic E-state index is 0.0666. The van der Waals surface area contributed by atoms with Gasteiger partial charge in [0.25, 0.3) is 0 Å². The maximum atomic E-state index is 12.4. The Labute approximate surface area is 122 Å². The predicted octanol–water partition coefficient (Wildman–Crippen LogP) is 0.249. The topological polar surface area (TPSA) is 116 Å². The third kappa shape index (κ3) is 2.61. The van der Waals surface area contributed by atoms with E-state index in [1.54, 1.807) is 10.9 Å². The number of amides is 1. The van der Waals surface area contributed by atoms with Gasteiger partial charge in [-0.2, -0.15) is 9.97 Å². The highest BCUT2D eigenvalue weighted by Crippen LogP contribution is 2.19. The molecule has 21 heavy (non-hydrogen) atoms. The van der Waals surface area contributed by atoms with Crippen molar-refractivity contribution in [3.8, 4) is 0 Å². The molecule has 8 heteroatoms. The smallest absolute Gasteiger partial charge is 0.242 e. The molecule has 2 aromatic heterocycles. The number of nitrogens with zero attached hydrogens (tertiary/aromatic N) is 5. The van der Waals surface area contributed by atoms with Crippen LogP contribution in [0.1, 0.15) is 19.8 Å². The first-order chi connectivity index (χ1) is 10.0. The van der Waals surface area contributed by atoms with E-state index in [1.807, 2.05) is 4.90 Å². The first kappa shape index (κ1) is 13.6. The van der Waals surface area contributed by atoms with Gasteiger partial charge in [0.05, 0.1) is 6.33 Å². The van der Waals surface area contributed by atoms with Crippen molar-refractivity contribution < 1.29 is 4.79 Å². The Morgan fingerprint density at radius 2 is 2.05 bits per heavy atom. The summed E-state index contributed by atoms with van der Waals surface area (Å²) >= 11 is 0. The van der Waals surface area contributed by atoms with E-state index in [2.05, 4.69) is 21.9 Å². The molecule has 0 spiro atoms. The Morgan fingerprint density at radius 3 is 2.76 bits per heavy atom. The van der Waals surface area contributed by atoms with Crippen molar-refractivity contribution in [2.45, 2.75) is 26.3 Å². The van der Waals surface area contributed by atoms with Gasteiger partial charge in [0, 0.05) is 13.1 Å². The quantitative estimate of drug-likeness (QED) is 0.818. The number of rotatable bonds is 2. The molecule has 3 rings (SSSR count). The van der Waals surface area contributed by atoms with Gasteiger partial charge in [-0.15, -0.1) is 0 Å². The van der Waals surface area contributed by atoms with Crippen LogP contribution >= 0.6 is 0 Å². The Balaban J connectivity index is 1.80. The molecule has 0 unspecified atom stereocenters. The van der Waals surface area contributed by atoms with E-state index >= 15 is 0 Å². The summed E-state index contributed by atoms with van der Waals surface area (Å²) in [5, 5.41) is 0. The van der Waals surface area contributed by atoms with Crippen LogP contribution in [0.5, 0.6) is 0 Å². The minimum Gasteiger partial charge on any atom is -0.382 e. The molecule has 0 saturated carbocycles. The normalized spacial score (nSPS) is 16.5. The molecule has 8 nitrogen and oxygen atoms in total. The highest BCUT2D eigenvalue weighted by Gasteiger charge is 2.21. The van der Waals surface area contributed by atoms with Crippen molar-refractivity contribution in [1.82, 2.24) is 24.4 Å². The Kier molecular flexibility index (Phi) is 3.36. The molecule has 0 bridgehead atoms. The van der Waals surface area contributed by atoms with Gasteiger partial charge in [-0.1, -0.05) is 6.92 Å². The Hall–Kier alpha value is -2.38. The molecule has 112 valence electrons. The largest absolute Gasteiger partial charge is 0.382 e. The number of imidazole rings is 1. The number of anilines is 2. The molecule has 1 amide bonds. The average molecular weight is 289 g/mol. The summed E-state index contributed by atoms with van der Waals surface area (Å²) < 4.78 is 1.67. The van der Waals surface area contributed by atoms with Gasteiger partial charge >= 0.3 is 0 Å². The van der Waals surface area contributed by atoms with Crippen molar-refractivity contribution >= 4 is 28.8 Å². The van der Waals surface area contributed by atoms with Crippen LogP contribution < -0.4 is 11.5 Å². The number of fused-ring (bicyclic) bond motifs is 1. The second kappa shape index (κ2) is 5.19. The zero-order valence-corrected chi connectivity index (χ0v) is 12.0. The fourth-order valence-corrected chi connectivity index (χ4v) is 2.60. The first-order valence-electron chi connectivity index (χ1n) is 7.06. The maximum Gasteiger partial charge on any atom is 0.242 e. The molecule has 1 fully saturated rings. The lowest BCUT2D eigenvalue weighted by molar-refractivity contribution is -0.133. The summed E-state index contributed by atoms with van der Waals surface area (Å²) in [5.41, 5.74) is 12.3. The van der Waals surface area contributed by atoms with Crippen LogP contribution in [-0.2, 0) is 11.3 Å². The van der Waals surface area contributed by atoms with Crippen LogP contribution in [0, 0.1) is 5.92 Å². The lowest BCUT2D eigenvalue weighted by Crippen LogP contribution is -2.39. The lowest BCUT2D eigenvalue weighted by atomic mass is 9.99. The van der Waals surface area contributed by atoms with Gasteiger partial charge in [-0.05, 0) is 18.8 Å². The predicted molar refractivity (Wildman–Crippen MR) is 79.1 cm³/mol. The van der Waals surface area contributed by atoms with E-state index in [9.17, 15) is 4.79 Å². The Bertz CT molecular complexity index is 672. The van der Waals surface area contributed by atoms with E-state index in [0.717, 1.165) is 25.9 Å². The van der Waals surface area contributed by atoms with Gasteiger partial charge < -0.3 is 20.9 Å². The second-order valence-corrected chi connectivity index (χ2v) is 5.58. The number of likely N-dealkylation sites (tertiary alicyclic amines) is 1. The van der Waals surface area contributed by atoms with E-state index in [-0.39, 0.29) is 24.2 Å². The van der Waals surface area contributed by atoms with Crippen LogP contribution in [0.4, 0.5) is 11.8 Å². The number of carbonyl (C=O) groups is 1. The van der Waals surface area contributed by atoms with Crippen LogP contribution in [0.3, 0.4) is 0 Å². The number of hydrogen-bond donors (Lipinski definition) is 2. The maximum absolute atomic E-state index is 12.4. The molecule has 1 aliphatic heterocycles. The number of aromatic nitrogens is 4. The van der Waals surface area contributed by atoms with Crippen molar-refractivity contribution in [3.63, 3.8) is 0 Å². The summed E-state index contributed by atoms with van der Waals surface area (Å²) in [4.78, 5) is 26.4. The van der Waals surface area contributed by atoms with Gasteiger partial charge in [-0.3, -0.25) is 4.79 Å². The second-order valence-electron chi connectivity index (χ2n) is 5.58. The summed E-state index contributed by atoms with van der Waals surface area (Å²) in [6, 6.07) is 0. The standard InChI is InChI=1S/C13H19N7O/c1-8-2-4-19(5-3-8)9(21)6-20-7-16-10-11(14)17-13(15)18-12(10)20/h7-8H,2-6H2,1H3,(H4,14,15,17,18). The van der Waals surface area contributed by atoms with Gasteiger partial charge in [0.15, 0.2) is 11.5 Å². The first-order valence-corrected chi connectivity index (χ1v) is 7.06. The fraction of sp³-hybridized carbons (Fsp3) is 0.538. The monoisotopic (exact) mass is 289 g/mol. The van der Waals surface area contributed by atoms with Gasteiger partial charge in [-0.25, -0.2) is 4.98 Å². The van der Waals surface area contributed by atoms with E-state index < -0.39 is 0 Å². The summed E-state index contributed by atoms with van der Waals surface area (Å²) in [5.74, 6) is 1.07. The van der Waals surface area contributed by atoms with E-state index in [4.69, 9.17) is 11.5 Å². The molecular weight excluding hydrogens is 270 g/mol. The summed E-state index contributed by atoms with van der Waals surface area (Å²) in [7, 11) is 0. The van der Waals surface area contributed by atoms with Crippen molar-refractivity contribution in [2.24, 2.45) is 5.92 Å². The van der Waals surface area contributed by atoms with Crippen LogP contribution in [0.2, 0.25) is 0 Å². The number of hydrogen-bond acceptors (Lipinski definition) is 6. The summed E-state index contributed by atoms with van der Waals surface area (Å²) in [6.07, 6.45) is 3.66. The SMILES string of the molecule is CC1CCN(C(=O)Cn2cnc3c(N)nc(N)nc32)CC1. The molecule has 3 heterocycles. The number of nitrogen functional groups attached to an aromatic ring is 2. The molecule has 0 aliphatic carbocycles. The third-order valence-electron chi connectivity index (χ3n) is 3.95. The molecule has 0 radical (unpaired) electrons. The van der Waals surface area contributed by atoms with E-state index in [1.165, 1.54) is 0 Å². The highest BCUT2D eigenvalue weighted by atomic mass is 16.2. The molecular formula is C13H19N7O. The number of nitrogens with two attached hydrogens (primary N) is 2. The van der Waals surface area contributed by atoms with Crippen LogP contribution in [-0.4, -0.2) is 43.4 Å². The molecule has 4 N–H and O–H groups in total. The molecule has 1 saturated heterocycles. The summed E-state index contributed by atoms with van der Waals surface area (Å²) in [6.45, 7) is 4.03. The van der Waals surface area contributed by atoms with Crippen molar-refractivity contribution in [1.29, 1.82) is 0 Å².